The predicted octanol–water partition coefficient (Wildman–Crippen LogP) is 1.96. The Bertz CT molecular complexity index is 827. The summed E-state index contributed by atoms with van der Waals surface area (Å²) >= 11 is 0. The van der Waals surface area contributed by atoms with Gasteiger partial charge in [-0.3, -0.25) is 0 Å². The van der Waals surface area contributed by atoms with Crippen molar-refractivity contribution in [3.05, 3.63) is 53.6 Å². The van der Waals surface area contributed by atoms with Gasteiger partial charge in [0.2, 0.25) is 0 Å². The average Bonchev–Trinajstić information content (AvgIpc) is 3.27. The summed E-state index contributed by atoms with van der Waals surface area (Å²) in [5.74, 6) is 0.374. The van der Waals surface area contributed by atoms with Crippen molar-refractivity contribution in [3.63, 3.8) is 0 Å². The second kappa shape index (κ2) is 7.40. The first-order chi connectivity index (χ1) is 13.2. The monoisotopic (exact) mass is 370 g/mol. The summed E-state index contributed by atoms with van der Waals surface area (Å²) in [4.78, 5) is 32.5. The molecule has 2 aromatic rings. The third-order valence-electron chi connectivity index (χ3n) is 5.19. The fourth-order valence-corrected chi connectivity index (χ4v) is 3.71. The predicted molar refractivity (Wildman–Crippen MR) is 95.7 cm³/mol. The molecule has 142 valence electrons. The Labute approximate surface area is 157 Å². The number of imidazole rings is 1. The van der Waals surface area contributed by atoms with Crippen molar-refractivity contribution >= 4 is 12.1 Å². The molecule has 2 amide bonds. The van der Waals surface area contributed by atoms with Crippen LogP contribution in [0, 0.1) is 0 Å². The molecule has 0 saturated carbocycles. The van der Waals surface area contributed by atoms with Crippen LogP contribution in [0.3, 0.4) is 0 Å². The van der Waals surface area contributed by atoms with Gasteiger partial charge in [-0.15, -0.1) is 0 Å². The Morgan fingerprint density at radius 1 is 1.22 bits per heavy atom. The van der Waals surface area contributed by atoms with E-state index in [4.69, 9.17) is 4.74 Å². The molecular weight excluding hydrogens is 348 g/mol. The zero-order valence-electron chi connectivity index (χ0n) is 15.0. The Morgan fingerprint density at radius 2 is 1.96 bits per heavy atom. The van der Waals surface area contributed by atoms with Crippen LogP contribution in [-0.4, -0.2) is 55.7 Å². The van der Waals surface area contributed by atoms with Crippen molar-refractivity contribution in [2.75, 3.05) is 13.1 Å². The maximum Gasteiger partial charge on any atom is 0.410 e. The van der Waals surface area contributed by atoms with Crippen LogP contribution < -0.4 is 0 Å². The van der Waals surface area contributed by atoms with Crippen molar-refractivity contribution in [2.24, 2.45) is 0 Å². The molecule has 1 aromatic carbocycles. The SMILES string of the molecule is O=C(OCc1ccccc1)N1CCC(N2Cc3cnc(CO)n3C2=O)CC1. The average molecular weight is 370 g/mol. The quantitative estimate of drug-likeness (QED) is 0.889. The highest BCUT2D eigenvalue weighted by molar-refractivity contribution is 5.81. The van der Waals surface area contributed by atoms with Crippen LogP contribution in [0.1, 0.15) is 29.9 Å². The Kier molecular flexibility index (Phi) is 4.81. The second-order valence-electron chi connectivity index (χ2n) is 6.83. The van der Waals surface area contributed by atoms with Crippen molar-refractivity contribution in [2.45, 2.75) is 38.6 Å². The number of carbonyl (C=O) groups is 2. The number of ether oxygens (including phenoxy) is 1. The molecule has 1 fully saturated rings. The van der Waals surface area contributed by atoms with E-state index in [2.05, 4.69) is 4.98 Å². The molecule has 0 unspecified atom stereocenters. The number of hydrogen-bond acceptors (Lipinski definition) is 5. The third-order valence-corrected chi connectivity index (χ3v) is 5.19. The maximum absolute atomic E-state index is 12.6. The number of amides is 2. The van der Waals surface area contributed by atoms with E-state index in [0.29, 0.717) is 38.3 Å². The zero-order chi connectivity index (χ0) is 18.8. The zero-order valence-corrected chi connectivity index (χ0v) is 15.0. The van der Waals surface area contributed by atoms with Gasteiger partial charge in [0.15, 0.2) is 0 Å². The first kappa shape index (κ1) is 17.5. The molecule has 2 aliphatic rings. The normalized spacial score (nSPS) is 17.3. The van der Waals surface area contributed by atoms with E-state index in [1.807, 2.05) is 35.2 Å². The van der Waals surface area contributed by atoms with Gasteiger partial charge in [0.05, 0.1) is 18.4 Å². The molecule has 0 aliphatic carbocycles. The van der Waals surface area contributed by atoms with E-state index in [1.165, 1.54) is 4.57 Å². The lowest BCUT2D eigenvalue weighted by atomic mass is 10.0. The van der Waals surface area contributed by atoms with Crippen molar-refractivity contribution < 1.29 is 19.4 Å². The number of aromatic nitrogens is 2. The number of benzene rings is 1. The summed E-state index contributed by atoms with van der Waals surface area (Å²) in [5, 5.41) is 9.32. The van der Waals surface area contributed by atoms with Crippen LogP contribution in [0.15, 0.2) is 36.5 Å². The fraction of sp³-hybridized carbons (Fsp3) is 0.421. The molecule has 0 spiro atoms. The van der Waals surface area contributed by atoms with E-state index in [1.54, 1.807) is 11.1 Å². The number of aliphatic hydroxyl groups excluding tert-OH is 1. The summed E-state index contributed by atoms with van der Waals surface area (Å²) < 4.78 is 6.87. The van der Waals surface area contributed by atoms with E-state index >= 15 is 0 Å². The molecule has 1 aromatic heterocycles. The number of nitrogens with zero attached hydrogens (tertiary/aromatic N) is 4. The number of hydrogen-bond donors (Lipinski definition) is 1. The topological polar surface area (TPSA) is 87.9 Å². The van der Waals surface area contributed by atoms with E-state index in [0.717, 1.165) is 11.3 Å². The molecule has 1 N–H and O–H groups in total. The van der Waals surface area contributed by atoms with Gasteiger partial charge < -0.3 is 19.6 Å². The van der Waals surface area contributed by atoms with Crippen LogP contribution in [-0.2, 0) is 24.5 Å². The molecule has 2 aliphatic heterocycles. The maximum atomic E-state index is 12.6. The minimum atomic E-state index is -0.317. The number of fused-ring (bicyclic) bond motifs is 1. The highest BCUT2D eigenvalue weighted by atomic mass is 16.6. The summed E-state index contributed by atoms with van der Waals surface area (Å²) in [5.41, 5.74) is 1.76. The summed E-state index contributed by atoms with van der Waals surface area (Å²) in [6.07, 6.45) is 2.74. The van der Waals surface area contributed by atoms with Gasteiger partial charge in [0.25, 0.3) is 0 Å². The minimum absolute atomic E-state index is 0.0714. The van der Waals surface area contributed by atoms with Crippen molar-refractivity contribution in [1.82, 2.24) is 19.4 Å². The summed E-state index contributed by atoms with van der Waals surface area (Å²) in [6, 6.07) is 9.52. The molecule has 8 heteroatoms. The number of piperidine rings is 1. The number of likely N-dealkylation sites (tertiary alicyclic amines) is 1. The molecule has 4 rings (SSSR count). The molecule has 0 atom stereocenters. The van der Waals surface area contributed by atoms with Crippen LogP contribution in [0.25, 0.3) is 0 Å². The van der Waals surface area contributed by atoms with Gasteiger partial charge in [-0.05, 0) is 18.4 Å². The molecular formula is C19H22N4O4. The second-order valence-corrected chi connectivity index (χ2v) is 6.83. The van der Waals surface area contributed by atoms with E-state index < -0.39 is 0 Å². The standard InChI is InChI=1S/C19H22N4O4/c24-12-17-20-10-16-11-22(18(25)23(16)17)15-6-8-21(9-7-15)19(26)27-13-14-4-2-1-3-5-14/h1-5,10,15,24H,6-9,11-13H2. The van der Waals surface area contributed by atoms with Crippen LogP contribution in [0.4, 0.5) is 9.59 Å². The lowest BCUT2D eigenvalue weighted by molar-refractivity contribution is 0.0747. The first-order valence-electron chi connectivity index (χ1n) is 9.10. The molecule has 0 radical (unpaired) electrons. The van der Waals surface area contributed by atoms with Gasteiger partial charge in [-0.25, -0.2) is 19.1 Å². The molecule has 0 bridgehead atoms. The Balaban J connectivity index is 1.30. The van der Waals surface area contributed by atoms with Crippen molar-refractivity contribution in [1.29, 1.82) is 0 Å². The fourth-order valence-electron chi connectivity index (χ4n) is 3.71. The highest BCUT2D eigenvalue weighted by Crippen LogP contribution is 2.26. The van der Waals surface area contributed by atoms with Crippen LogP contribution in [0.5, 0.6) is 0 Å². The van der Waals surface area contributed by atoms with Crippen molar-refractivity contribution in [3.8, 4) is 0 Å². The smallest absolute Gasteiger partial charge is 0.410 e. The largest absolute Gasteiger partial charge is 0.445 e. The first-order valence-corrected chi connectivity index (χ1v) is 9.10. The van der Waals surface area contributed by atoms with Crippen LogP contribution >= 0.6 is 0 Å². The van der Waals surface area contributed by atoms with Gasteiger partial charge in [0, 0.05) is 19.1 Å². The number of carbonyl (C=O) groups excluding carboxylic acids is 2. The Hall–Kier alpha value is -2.87. The molecule has 8 nitrogen and oxygen atoms in total. The highest BCUT2D eigenvalue weighted by Gasteiger charge is 2.37. The summed E-state index contributed by atoms with van der Waals surface area (Å²) in [6.45, 7) is 1.61. The van der Waals surface area contributed by atoms with Crippen LogP contribution in [0.2, 0.25) is 0 Å². The lowest BCUT2D eigenvalue weighted by Crippen LogP contribution is -2.47. The molecule has 27 heavy (non-hydrogen) atoms. The number of aliphatic hydroxyl groups is 1. The third kappa shape index (κ3) is 3.40. The van der Waals surface area contributed by atoms with E-state index in [-0.39, 0.29) is 31.4 Å². The lowest BCUT2D eigenvalue weighted by Gasteiger charge is -2.35. The molecule has 1 saturated heterocycles. The number of rotatable bonds is 4. The van der Waals surface area contributed by atoms with Gasteiger partial charge in [-0.2, -0.15) is 0 Å². The molecule has 3 heterocycles. The van der Waals surface area contributed by atoms with Gasteiger partial charge in [0.1, 0.15) is 19.0 Å². The summed E-state index contributed by atoms with van der Waals surface area (Å²) in [7, 11) is 0. The Morgan fingerprint density at radius 3 is 2.67 bits per heavy atom. The minimum Gasteiger partial charge on any atom is -0.445 e. The van der Waals surface area contributed by atoms with Gasteiger partial charge >= 0.3 is 12.1 Å². The van der Waals surface area contributed by atoms with Gasteiger partial charge in [-0.1, -0.05) is 30.3 Å². The van der Waals surface area contributed by atoms with E-state index in [9.17, 15) is 14.7 Å².